The number of rotatable bonds is 7. The van der Waals surface area contributed by atoms with Crippen LogP contribution < -0.4 is 10.1 Å². The lowest BCUT2D eigenvalue weighted by atomic mass is 10.2. The Bertz CT molecular complexity index is 408. The Morgan fingerprint density at radius 1 is 1.33 bits per heavy atom. The summed E-state index contributed by atoms with van der Waals surface area (Å²) in [6.45, 7) is 11.7. The summed E-state index contributed by atoms with van der Waals surface area (Å²) in [5.74, 6) is 2.22. The van der Waals surface area contributed by atoms with Gasteiger partial charge in [-0.2, -0.15) is 11.8 Å². The standard InChI is InChI=1S/C17H28N2OS/c1-14(2)18-12-16-4-6-17(7-5-16)20-10-8-19-9-11-21-15(3)13-19/h4-7,14-15,18H,8-13H2,1-3H3. The van der Waals surface area contributed by atoms with Crippen LogP contribution in [0, 0.1) is 0 Å². The number of nitrogens with zero attached hydrogens (tertiary/aromatic N) is 1. The van der Waals surface area contributed by atoms with Crippen molar-refractivity contribution in [2.24, 2.45) is 0 Å². The van der Waals surface area contributed by atoms with E-state index >= 15 is 0 Å². The van der Waals surface area contributed by atoms with Crippen LogP contribution in [0.5, 0.6) is 5.75 Å². The van der Waals surface area contributed by atoms with E-state index in [4.69, 9.17) is 4.74 Å². The summed E-state index contributed by atoms with van der Waals surface area (Å²) in [5.41, 5.74) is 1.30. The number of nitrogens with one attached hydrogen (secondary N) is 1. The van der Waals surface area contributed by atoms with Gasteiger partial charge in [-0.1, -0.05) is 32.9 Å². The molecule has 0 aliphatic carbocycles. The topological polar surface area (TPSA) is 24.5 Å². The Kier molecular flexibility index (Phi) is 6.87. The third kappa shape index (κ3) is 6.29. The van der Waals surface area contributed by atoms with Crippen molar-refractivity contribution in [3.05, 3.63) is 29.8 Å². The largest absolute Gasteiger partial charge is 0.492 e. The second-order valence-corrected chi connectivity index (χ2v) is 7.56. The zero-order valence-corrected chi connectivity index (χ0v) is 14.3. The quantitative estimate of drug-likeness (QED) is 0.837. The molecule has 3 nitrogen and oxygen atoms in total. The number of benzene rings is 1. The molecule has 1 N–H and O–H groups in total. The lowest BCUT2D eigenvalue weighted by Crippen LogP contribution is -2.39. The molecule has 4 heteroatoms. The summed E-state index contributed by atoms with van der Waals surface area (Å²) in [6, 6.07) is 8.96. The molecule has 1 aliphatic rings. The monoisotopic (exact) mass is 308 g/mol. The maximum absolute atomic E-state index is 5.86. The molecule has 0 saturated carbocycles. The molecular weight excluding hydrogens is 280 g/mol. The van der Waals surface area contributed by atoms with E-state index in [-0.39, 0.29) is 0 Å². The minimum Gasteiger partial charge on any atom is -0.492 e. The molecule has 1 fully saturated rings. The fraction of sp³-hybridized carbons (Fsp3) is 0.647. The highest BCUT2D eigenvalue weighted by molar-refractivity contribution is 7.99. The molecular formula is C17H28N2OS. The van der Waals surface area contributed by atoms with Gasteiger partial charge in [-0.15, -0.1) is 0 Å². The van der Waals surface area contributed by atoms with Crippen LogP contribution >= 0.6 is 11.8 Å². The molecule has 0 aromatic heterocycles. The van der Waals surface area contributed by atoms with Gasteiger partial charge in [0.05, 0.1) is 0 Å². The Labute approximate surface area is 133 Å². The van der Waals surface area contributed by atoms with E-state index in [0.717, 1.165) is 30.7 Å². The van der Waals surface area contributed by atoms with Gasteiger partial charge in [0.2, 0.25) is 0 Å². The van der Waals surface area contributed by atoms with Gasteiger partial charge in [-0.05, 0) is 17.7 Å². The Hall–Kier alpha value is -0.710. The maximum Gasteiger partial charge on any atom is 0.119 e. The van der Waals surface area contributed by atoms with Gasteiger partial charge in [0.15, 0.2) is 0 Å². The maximum atomic E-state index is 5.86. The minimum absolute atomic E-state index is 0.519. The van der Waals surface area contributed by atoms with Crippen LogP contribution in [-0.4, -0.2) is 48.2 Å². The molecule has 1 saturated heterocycles. The summed E-state index contributed by atoms with van der Waals surface area (Å²) >= 11 is 2.07. The first-order valence-corrected chi connectivity index (χ1v) is 8.97. The molecule has 1 aliphatic heterocycles. The normalized spacial score (nSPS) is 19.9. The van der Waals surface area contributed by atoms with Gasteiger partial charge in [0, 0.05) is 43.2 Å². The van der Waals surface area contributed by atoms with Gasteiger partial charge >= 0.3 is 0 Å². The van der Waals surface area contributed by atoms with Crippen LogP contribution in [0.1, 0.15) is 26.3 Å². The molecule has 1 atom stereocenters. The van der Waals surface area contributed by atoms with Crippen LogP contribution in [0.4, 0.5) is 0 Å². The van der Waals surface area contributed by atoms with Crippen LogP contribution in [0.3, 0.4) is 0 Å². The third-order valence-corrected chi connectivity index (χ3v) is 4.78. The first kappa shape index (κ1) is 16.7. The fourth-order valence-corrected chi connectivity index (χ4v) is 3.49. The van der Waals surface area contributed by atoms with E-state index < -0.39 is 0 Å². The van der Waals surface area contributed by atoms with E-state index in [1.807, 2.05) is 0 Å². The predicted molar refractivity (Wildman–Crippen MR) is 92.3 cm³/mol. The van der Waals surface area contributed by atoms with E-state index in [1.165, 1.54) is 24.4 Å². The first-order valence-electron chi connectivity index (χ1n) is 7.92. The van der Waals surface area contributed by atoms with Crippen molar-refractivity contribution in [3.8, 4) is 5.75 Å². The summed E-state index contributed by atoms with van der Waals surface area (Å²) in [7, 11) is 0. The van der Waals surface area contributed by atoms with Crippen molar-refractivity contribution in [1.82, 2.24) is 10.2 Å². The van der Waals surface area contributed by atoms with Gasteiger partial charge in [0.1, 0.15) is 12.4 Å². The van der Waals surface area contributed by atoms with E-state index in [0.29, 0.717) is 6.04 Å². The molecule has 1 aromatic carbocycles. The van der Waals surface area contributed by atoms with Crippen molar-refractivity contribution in [2.75, 3.05) is 32.0 Å². The van der Waals surface area contributed by atoms with Gasteiger partial charge in [0.25, 0.3) is 0 Å². The smallest absolute Gasteiger partial charge is 0.119 e. The molecule has 2 rings (SSSR count). The molecule has 118 valence electrons. The van der Waals surface area contributed by atoms with Gasteiger partial charge in [-0.3, -0.25) is 4.90 Å². The van der Waals surface area contributed by atoms with E-state index in [9.17, 15) is 0 Å². The first-order chi connectivity index (χ1) is 10.1. The van der Waals surface area contributed by atoms with Gasteiger partial charge in [-0.25, -0.2) is 0 Å². The van der Waals surface area contributed by atoms with Gasteiger partial charge < -0.3 is 10.1 Å². The number of ether oxygens (including phenoxy) is 1. The minimum atomic E-state index is 0.519. The summed E-state index contributed by atoms with van der Waals surface area (Å²) < 4.78 is 5.86. The zero-order chi connectivity index (χ0) is 15.1. The summed E-state index contributed by atoms with van der Waals surface area (Å²) in [4.78, 5) is 2.50. The fourth-order valence-electron chi connectivity index (χ4n) is 2.41. The molecule has 1 aromatic rings. The number of hydrogen-bond acceptors (Lipinski definition) is 4. The third-order valence-electron chi connectivity index (χ3n) is 3.64. The highest BCUT2D eigenvalue weighted by Crippen LogP contribution is 2.17. The molecule has 0 spiro atoms. The number of hydrogen-bond donors (Lipinski definition) is 1. The van der Waals surface area contributed by atoms with E-state index in [2.05, 4.69) is 67.0 Å². The van der Waals surface area contributed by atoms with Crippen molar-refractivity contribution < 1.29 is 4.74 Å². The SMILES string of the molecule is CC(C)NCc1ccc(OCCN2CCSC(C)C2)cc1. The zero-order valence-electron chi connectivity index (χ0n) is 13.5. The molecule has 0 radical (unpaired) electrons. The summed E-state index contributed by atoms with van der Waals surface area (Å²) in [6.07, 6.45) is 0. The Balaban J connectivity index is 1.68. The van der Waals surface area contributed by atoms with Crippen LogP contribution in [0.25, 0.3) is 0 Å². The van der Waals surface area contributed by atoms with E-state index in [1.54, 1.807) is 0 Å². The Morgan fingerprint density at radius 3 is 2.76 bits per heavy atom. The molecule has 21 heavy (non-hydrogen) atoms. The molecule has 1 unspecified atom stereocenters. The van der Waals surface area contributed by atoms with Crippen LogP contribution in [-0.2, 0) is 6.54 Å². The second kappa shape index (κ2) is 8.66. The highest BCUT2D eigenvalue weighted by Gasteiger charge is 2.15. The highest BCUT2D eigenvalue weighted by atomic mass is 32.2. The average Bonchev–Trinajstić information content (AvgIpc) is 2.46. The number of thioether (sulfide) groups is 1. The van der Waals surface area contributed by atoms with Crippen molar-refractivity contribution in [1.29, 1.82) is 0 Å². The lowest BCUT2D eigenvalue weighted by molar-refractivity contribution is 0.215. The Morgan fingerprint density at radius 2 is 2.10 bits per heavy atom. The van der Waals surface area contributed by atoms with Crippen molar-refractivity contribution >= 4 is 11.8 Å². The average molecular weight is 308 g/mol. The molecule has 1 heterocycles. The molecule has 0 amide bonds. The van der Waals surface area contributed by atoms with Crippen molar-refractivity contribution in [2.45, 2.75) is 38.6 Å². The second-order valence-electron chi connectivity index (χ2n) is 6.01. The predicted octanol–water partition coefficient (Wildman–Crippen LogP) is 3.00. The summed E-state index contributed by atoms with van der Waals surface area (Å²) in [5, 5.41) is 4.18. The molecule has 0 bridgehead atoms. The van der Waals surface area contributed by atoms with Crippen LogP contribution in [0.2, 0.25) is 0 Å². The lowest BCUT2D eigenvalue weighted by Gasteiger charge is -2.30. The van der Waals surface area contributed by atoms with Crippen LogP contribution in [0.15, 0.2) is 24.3 Å². The van der Waals surface area contributed by atoms with Crippen molar-refractivity contribution in [3.63, 3.8) is 0 Å².